The molecular formula is C80H103IN15O27P. The molecule has 13 N–H and O–H groups in total. The number of hydrogen-bond acceptors (Lipinski definition) is 32. The zero-order valence-electron chi connectivity index (χ0n) is 68.5. The Morgan fingerprint density at radius 1 is 0.492 bits per heavy atom. The number of β-amino-alcohol motifs (C(OH)–C–C–N with tert-alkyl or cyclic N) is 1. The number of rotatable bonds is 19. The van der Waals surface area contributed by atoms with Crippen molar-refractivity contribution < 1.29 is 112 Å². The maximum absolute atomic E-state index is 13.4. The largest absolute Gasteiger partial charge is 0.477 e. The Labute approximate surface area is 727 Å². The van der Waals surface area contributed by atoms with Gasteiger partial charge in [-0.2, -0.15) is 0 Å². The summed E-state index contributed by atoms with van der Waals surface area (Å²) in [5.74, 6) is -8.39. The number of likely N-dealkylation sites (tertiary alicyclic amines) is 2. The minimum absolute atomic E-state index is 0.0489. The molecule has 2 saturated carbocycles. The van der Waals surface area contributed by atoms with Gasteiger partial charge in [0.1, 0.15) is 11.4 Å². The van der Waals surface area contributed by atoms with E-state index in [0.717, 1.165) is 124 Å². The predicted octanol–water partition coefficient (Wildman–Crippen LogP) is 5.86. The molecule has 4 aromatic carbocycles. The van der Waals surface area contributed by atoms with E-state index in [4.69, 9.17) is 26.0 Å². The number of fused-ring (bicyclic) bond motifs is 2. The lowest BCUT2D eigenvalue weighted by Crippen LogP contribution is -2.63. The number of aliphatic hydroxyl groups is 3. The lowest BCUT2D eigenvalue weighted by Gasteiger charge is -2.46. The number of nitrogens with one attached hydrogen (secondary N) is 5. The molecular weight excluding hydrogens is 1760 g/mol. The van der Waals surface area contributed by atoms with Gasteiger partial charge in [0, 0.05) is 147 Å². The number of alkyl halides is 1. The second-order valence-electron chi connectivity index (χ2n) is 30.9. The lowest BCUT2D eigenvalue weighted by molar-refractivity contribution is -0.385. The molecule has 8 fully saturated rings. The molecule has 8 aliphatic heterocycles. The van der Waals surface area contributed by atoms with Gasteiger partial charge in [-0.05, 0) is 138 Å². The number of esters is 5. The molecule has 2 aliphatic carbocycles. The zero-order valence-corrected chi connectivity index (χ0v) is 71.8. The highest BCUT2D eigenvalue weighted by Crippen LogP contribution is 2.49. The number of carbonyl (C=O) groups is 11. The average Bonchev–Trinajstić information content (AvgIpc) is 1.56. The van der Waals surface area contributed by atoms with Crippen LogP contribution in [0.4, 0.5) is 37.1 Å². The quantitative estimate of drug-likeness (QED) is 0.00602. The lowest BCUT2D eigenvalue weighted by atomic mass is 9.77. The number of alkyl carbamates (subject to hydrolysis) is 3. The van der Waals surface area contributed by atoms with Crippen molar-refractivity contribution in [1.82, 2.24) is 46.2 Å². The number of hydrogen-bond donors (Lipinski definition) is 11. The smallest absolute Gasteiger partial charge is 0.415 e. The second-order valence-corrected chi connectivity index (χ2v) is 33.9. The molecule has 672 valence electrons. The summed E-state index contributed by atoms with van der Waals surface area (Å²) in [7, 11) is 2.57. The number of carbonyl (C=O) groups excluding carboxylic acids is 10. The van der Waals surface area contributed by atoms with Crippen LogP contribution in [0.15, 0.2) is 120 Å². The van der Waals surface area contributed by atoms with Crippen molar-refractivity contribution in [3.63, 3.8) is 0 Å². The molecule has 14 rings (SSSR count). The van der Waals surface area contributed by atoms with Gasteiger partial charge in [0.15, 0.2) is 0 Å². The summed E-state index contributed by atoms with van der Waals surface area (Å²) >= 11 is 2.25. The van der Waals surface area contributed by atoms with Crippen molar-refractivity contribution >= 4 is 120 Å². The van der Waals surface area contributed by atoms with Crippen molar-refractivity contribution in [3.05, 3.63) is 182 Å². The number of aliphatic carboxylic acids is 1. The van der Waals surface area contributed by atoms with Crippen molar-refractivity contribution in [2.75, 3.05) is 69.6 Å². The topological polar surface area (TPSA) is 603 Å². The number of carboxylic acids is 1. The van der Waals surface area contributed by atoms with Crippen LogP contribution in [-0.4, -0.2) is 256 Å². The molecule has 42 nitrogen and oxygen atoms in total. The Hall–Kier alpha value is -10.9. The molecule has 124 heavy (non-hydrogen) atoms. The number of nitrogens with zero attached hydrogens (tertiary/aromatic N) is 8. The van der Waals surface area contributed by atoms with Crippen molar-refractivity contribution in [3.8, 4) is 0 Å². The van der Waals surface area contributed by atoms with Crippen molar-refractivity contribution in [2.24, 2.45) is 35.1 Å². The van der Waals surface area contributed by atoms with Gasteiger partial charge in [0.25, 0.3) is 22.7 Å². The van der Waals surface area contributed by atoms with E-state index in [9.17, 15) is 109 Å². The van der Waals surface area contributed by atoms with Crippen LogP contribution in [-0.2, 0) is 38.1 Å². The van der Waals surface area contributed by atoms with Gasteiger partial charge in [-0.3, -0.25) is 59.8 Å². The van der Waals surface area contributed by atoms with Gasteiger partial charge >= 0.3 is 54.1 Å². The standard InChI is InChI=1S/C30H29N5O12.C15H23N3O4.C13H14N2O5.C12H13N3O5.C5H11N.C4H9NO.CH4IP/c1-15-22(14-32-12-11-19(13-32)31-30(41)47-28(39)18-5-9-21(10-6-18)35(44)45)25(33-24(15)23(16(2)36)26(33)37)29(40)46-27(38)17-3-7-20(8-4-17)34(42)43;1-7-10(6-17-4-3-9(16)5-17)13(15(21)22)18-12(7)11(8(2)19)14(18)20;16-12(9-5-7-11(8-6-9)15(18)19)20-13(17)14-10-3-1-2-4-10;16-11(8-1-3-10(4-2-8)15(18)19)20-12(17)14-9-5-6-13-7-9;6-5-3-1-2-4-5;6-4-1-2-5-3-4;2-1-3/h3-10,15-16,19,23-24,36H,11-14H2,1-2H3,(H,31,41);7-9,11-12,19H,3-6,16H2,1-2H3,(H,21,22);5-8,10H,1-4H2,(H,14,17);1-4,9,13H,5-7H2,(H,14,17);5H,1-4,6H2;4-6H,1-3H2;1,3H2/t15-,16+,19+,23+,24+;7-,8+,9+,11+,12+;;9-;;4-;/m00.1.0./s1. The van der Waals surface area contributed by atoms with Crippen LogP contribution in [0.1, 0.15) is 146 Å². The Bertz CT molecular complexity index is 4470. The van der Waals surface area contributed by atoms with E-state index in [0.29, 0.717) is 37.7 Å². The van der Waals surface area contributed by atoms with E-state index < -0.39 is 122 Å². The number of β-lactam (4-membered cyclic amide) rings is 2. The van der Waals surface area contributed by atoms with Crippen LogP contribution in [0.5, 0.6) is 0 Å². The number of benzene rings is 4. The Balaban J connectivity index is 0.000000207. The van der Waals surface area contributed by atoms with Crippen LogP contribution >= 0.6 is 31.8 Å². The first-order chi connectivity index (χ1) is 58.9. The Morgan fingerprint density at radius 2 is 0.839 bits per heavy atom. The van der Waals surface area contributed by atoms with Crippen LogP contribution in [0, 0.1) is 64.1 Å². The predicted molar refractivity (Wildman–Crippen MR) is 452 cm³/mol. The van der Waals surface area contributed by atoms with Crippen LogP contribution in [0.3, 0.4) is 0 Å². The Morgan fingerprint density at radius 3 is 1.16 bits per heavy atom. The van der Waals surface area contributed by atoms with E-state index in [-0.39, 0.29) is 112 Å². The van der Waals surface area contributed by atoms with Gasteiger partial charge in [-0.25, -0.2) is 43.2 Å². The second kappa shape index (κ2) is 46.7. The minimum Gasteiger partial charge on any atom is -0.477 e. The summed E-state index contributed by atoms with van der Waals surface area (Å²) in [5.41, 5.74) is 12.0. The molecule has 0 spiro atoms. The highest BCUT2D eigenvalue weighted by atomic mass is 127. The van der Waals surface area contributed by atoms with Crippen LogP contribution < -0.4 is 38.1 Å². The maximum atomic E-state index is 13.4. The third-order valence-electron chi connectivity index (χ3n) is 22.2. The zero-order chi connectivity index (χ0) is 90.9. The number of non-ortho nitro benzene ring substituents is 4. The molecule has 6 saturated heterocycles. The maximum Gasteiger partial charge on any atom is 0.415 e. The first kappa shape index (κ1) is 98.6. The summed E-state index contributed by atoms with van der Waals surface area (Å²) < 4.78 is 20.3. The summed E-state index contributed by atoms with van der Waals surface area (Å²) in [4.78, 5) is 181. The van der Waals surface area contributed by atoms with Gasteiger partial charge < -0.3 is 87.2 Å². The van der Waals surface area contributed by atoms with Crippen LogP contribution in [0.2, 0.25) is 0 Å². The van der Waals surface area contributed by atoms with Crippen LogP contribution in [0.25, 0.3) is 0 Å². The minimum atomic E-state index is -1.09. The number of halogens is 1. The number of amides is 5. The third kappa shape index (κ3) is 27.1. The molecule has 13 atom stereocenters. The number of nitrogens with two attached hydrogens (primary N) is 2. The fourth-order valence-corrected chi connectivity index (χ4v) is 15.8. The summed E-state index contributed by atoms with van der Waals surface area (Å²) in [6.07, 6.45) is 7.78. The molecule has 44 heteroatoms. The SMILES string of the molecule is C[C@@H](O)[C@H]1C(=O)N2C(C(=O)O)=C(CN3CC[C@@H](N)C3)[C@H](C)[C@H]12.C[C@@H](O)[C@H]1C(=O)N2C(C(=O)OC(=O)c3ccc([N+](=O)[O-])cc3)=C(CN3CC[C@@H](NC(=O)OC(=O)c4ccc([N+](=O)[O-])cc4)C3)[C@H](C)[C@H]12.NC1CCCC1.O=C(NC1CCCC1)OC(=O)c1ccc([N+](=O)[O-])cc1.O=C(N[C@@H]1CCNC1)OC(=O)c1ccc([N+](=O)[O-])cc1.O[C@H]1CCNC1.PCI. The van der Waals surface area contributed by atoms with E-state index >= 15 is 0 Å². The molecule has 4 aromatic rings. The van der Waals surface area contributed by atoms with E-state index in [1.165, 1.54) is 103 Å². The number of aliphatic hydroxyl groups excluding tert-OH is 3. The molecule has 0 bridgehead atoms. The molecule has 0 radical (unpaired) electrons. The van der Waals surface area contributed by atoms with Crippen molar-refractivity contribution in [1.29, 1.82) is 0 Å². The fourth-order valence-electron chi connectivity index (χ4n) is 15.8. The highest BCUT2D eigenvalue weighted by Gasteiger charge is 2.62. The van der Waals surface area contributed by atoms with Gasteiger partial charge in [0.05, 0.1) is 84.2 Å². The number of nitro groups is 4. The molecule has 0 aromatic heterocycles. The molecule has 5 amide bonds. The number of nitro benzene ring substituents is 4. The highest BCUT2D eigenvalue weighted by molar-refractivity contribution is 14.1. The summed E-state index contributed by atoms with van der Waals surface area (Å²) in [5, 5.41) is 94.8. The molecule has 10 aliphatic rings. The number of carboxylic acid groups (broad SMARTS) is 1. The summed E-state index contributed by atoms with van der Waals surface area (Å²) in [6.45, 7) is 13.0. The normalized spacial score (nSPS) is 23.3. The Kier molecular flexibility index (Phi) is 37.2. The first-order valence-electron chi connectivity index (χ1n) is 40.3. The monoisotopic (exact) mass is 1860 g/mol. The third-order valence-corrected chi connectivity index (χ3v) is 22.2. The van der Waals surface area contributed by atoms with Gasteiger partial charge in [-0.1, -0.05) is 62.1 Å². The molecule has 8 heterocycles. The number of ether oxygens (including phenoxy) is 4. The van der Waals surface area contributed by atoms with E-state index in [2.05, 4.69) is 72.8 Å². The average molecular weight is 1860 g/mol. The van der Waals surface area contributed by atoms with Crippen molar-refractivity contribution in [2.45, 2.75) is 165 Å². The van der Waals surface area contributed by atoms with E-state index in [1.54, 1.807) is 13.8 Å². The van der Waals surface area contributed by atoms with Gasteiger partial charge in [0.2, 0.25) is 11.8 Å². The first-order valence-corrected chi connectivity index (χ1v) is 42.6. The molecule has 1 unspecified atom stereocenters. The summed E-state index contributed by atoms with van der Waals surface area (Å²) in [6, 6.07) is 18.2. The fraction of sp³-hybridized carbons (Fsp3) is 0.512. The van der Waals surface area contributed by atoms with E-state index in [1.807, 2.05) is 11.8 Å². The van der Waals surface area contributed by atoms with Gasteiger partial charge in [-0.15, -0.1) is 9.24 Å².